The SMILES string of the molecule is Cc1cc(=O)[nH]c2c1c(C(=O)O)nn2C1CCCCC1. The molecule has 1 fully saturated rings. The van der Waals surface area contributed by atoms with Gasteiger partial charge in [-0.1, -0.05) is 19.3 Å². The van der Waals surface area contributed by atoms with Gasteiger partial charge in [0.05, 0.1) is 11.4 Å². The van der Waals surface area contributed by atoms with Crippen LogP contribution in [0.15, 0.2) is 10.9 Å². The summed E-state index contributed by atoms with van der Waals surface area (Å²) in [6.45, 7) is 1.75. The van der Waals surface area contributed by atoms with Crippen LogP contribution in [-0.2, 0) is 0 Å². The van der Waals surface area contributed by atoms with Crippen LogP contribution in [0, 0.1) is 6.92 Å². The number of aromatic amines is 1. The number of hydrogen-bond donors (Lipinski definition) is 2. The molecule has 0 amide bonds. The first-order valence-electron chi connectivity index (χ1n) is 6.93. The van der Waals surface area contributed by atoms with Gasteiger partial charge in [0.25, 0.3) is 0 Å². The largest absolute Gasteiger partial charge is 0.476 e. The Balaban J connectivity index is 2.26. The lowest BCUT2D eigenvalue weighted by Gasteiger charge is -2.22. The van der Waals surface area contributed by atoms with Crippen molar-refractivity contribution in [2.45, 2.75) is 45.1 Å². The zero-order chi connectivity index (χ0) is 14.3. The molecule has 0 atom stereocenters. The normalized spacial score (nSPS) is 16.6. The minimum Gasteiger partial charge on any atom is -0.476 e. The van der Waals surface area contributed by atoms with Gasteiger partial charge in [-0.3, -0.25) is 4.79 Å². The fourth-order valence-corrected chi connectivity index (χ4v) is 3.09. The van der Waals surface area contributed by atoms with Crippen LogP contribution in [-0.4, -0.2) is 25.8 Å². The molecule has 6 heteroatoms. The monoisotopic (exact) mass is 275 g/mol. The van der Waals surface area contributed by atoms with Crippen LogP contribution >= 0.6 is 0 Å². The molecule has 0 aliphatic heterocycles. The summed E-state index contributed by atoms with van der Waals surface area (Å²) in [6, 6.07) is 1.60. The Morgan fingerprint density at radius 2 is 2.10 bits per heavy atom. The van der Waals surface area contributed by atoms with E-state index in [1.54, 1.807) is 11.6 Å². The topological polar surface area (TPSA) is 88.0 Å². The van der Waals surface area contributed by atoms with E-state index in [0.29, 0.717) is 16.6 Å². The van der Waals surface area contributed by atoms with E-state index < -0.39 is 5.97 Å². The molecule has 2 aromatic rings. The average Bonchev–Trinajstić information content (AvgIpc) is 2.79. The highest BCUT2D eigenvalue weighted by atomic mass is 16.4. The smallest absolute Gasteiger partial charge is 0.357 e. The lowest BCUT2D eigenvalue weighted by atomic mass is 9.96. The van der Waals surface area contributed by atoms with Crippen molar-refractivity contribution >= 4 is 17.0 Å². The predicted molar refractivity (Wildman–Crippen MR) is 74.2 cm³/mol. The molecule has 1 aliphatic carbocycles. The van der Waals surface area contributed by atoms with E-state index in [9.17, 15) is 14.7 Å². The number of rotatable bonds is 2. The molecule has 106 valence electrons. The van der Waals surface area contributed by atoms with Crippen molar-refractivity contribution < 1.29 is 9.90 Å². The number of nitrogens with one attached hydrogen (secondary N) is 1. The Kier molecular flexibility index (Phi) is 3.08. The number of carboxylic acids is 1. The molecular formula is C14H17N3O3. The summed E-state index contributed by atoms with van der Waals surface area (Å²) in [6.07, 6.45) is 5.39. The number of pyridine rings is 1. The first-order valence-corrected chi connectivity index (χ1v) is 6.93. The first kappa shape index (κ1) is 12.9. The third-order valence-corrected chi connectivity index (χ3v) is 4.02. The van der Waals surface area contributed by atoms with Gasteiger partial charge >= 0.3 is 5.97 Å². The van der Waals surface area contributed by atoms with E-state index in [-0.39, 0.29) is 17.3 Å². The van der Waals surface area contributed by atoms with Gasteiger partial charge in [-0.15, -0.1) is 0 Å². The van der Waals surface area contributed by atoms with Crippen molar-refractivity contribution in [2.75, 3.05) is 0 Å². The summed E-state index contributed by atoms with van der Waals surface area (Å²) in [7, 11) is 0. The second-order valence-electron chi connectivity index (χ2n) is 5.43. The summed E-state index contributed by atoms with van der Waals surface area (Å²) in [5.41, 5.74) is 1.01. The van der Waals surface area contributed by atoms with Crippen molar-refractivity contribution in [1.82, 2.24) is 14.8 Å². The number of aryl methyl sites for hydroxylation is 1. The predicted octanol–water partition coefficient (Wildman–Crippen LogP) is 2.24. The number of aromatic carboxylic acids is 1. The van der Waals surface area contributed by atoms with Gasteiger partial charge in [-0.25, -0.2) is 9.48 Å². The van der Waals surface area contributed by atoms with E-state index in [4.69, 9.17) is 0 Å². The molecule has 0 radical (unpaired) electrons. The number of hydrogen-bond acceptors (Lipinski definition) is 3. The van der Waals surface area contributed by atoms with Crippen LogP contribution in [0.25, 0.3) is 11.0 Å². The summed E-state index contributed by atoms with van der Waals surface area (Å²) >= 11 is 0. The van der Waals surface area contributed by atoms with Gasteiger partial charge < -0.3 is 10.1 Å². The van der Waals surface area contributed by atoms with Gasteiger partial charge in [0.15, 0.2) is 5.69 Å². The van der Waals surface area contributed by atoms with Crippen molar-refractivity contribution in [2.24, 2.45) is 0 Å². The minimum absolute atomic E-state index is 0.0272. The second-order valence-corrected chi connectivity index (χ2v) is 5.43. The van der Waals surface area contributed by atoms with Crippen LogP contribution in [0.3, 0.4) is 0 Å². The maximum Gasteiger partial charge on any atom is 0.357 e. The van der Waals surface area contributed by atoms with Crippen LogP contribution < -0.4 is 5.56 Å². The van der Waals surface area contributed by atoms with E-state index in [1.807, 2.05) is 0 Å². The number of carboxylic acid groups (broad SMARTS) is 1. The third-order valence-electron chi connectivity index (χ3n) is 4.02. The lowest BCUT2D eigenvalue weighted by molar-refractivity contribution is 0.0691. The molecule has 2 N–H and O–H groups in total. The van der Waals surface area contributed by atoms with Crippen molar-refractivity contribution in [1.29, 1.82) is 0 Å². The van der Waals surface area contributed by atoms with Gasteiger partial charge in [0.2, 0.25) is 5.56 Å². The third kappa shape index (κ3) is 2.01. The van der Waals surface area contributed by atoms with Gasteiger partial charge in [-0.2, -0.15) is 5.10 Å². The molecule has 3 rings (SSSR count). The molecule has 6 nitrogen and oxygen atoms in total. The molecule has 0 unspecified atom stereocenters. The fraction of sp³-hybridized carbons (Fsp3) is 0.500. The fourth-order valence-electron chi connectivity index (χ4n) is 3.09. The minimum atomic E-state index is -1.06. The van der Waals surface area contributed by atoms with Crippen molar-refractivity contribution in [3.05, 3.63) is 27.7 Å². The summed E-state index contributed by atoms with van der Waals surface area (Å²) in [5.74, 6) is -1.06. The zero-order valence-corrected chi connectivity index (χ0v) is 11.3. The number of aromatic nitrogens is 3. The maximum atomic E-state index is 11.7. The Bertz CT molecular complexity index is 723. The molecular weight excluding hydrogens is 258 g/mol. The second kappa shape index (κ2) is 4.77. The van der Waals surface area contributed by atoms with Crippen LogP contribution in [0.1, 0.15) is 54.2 Å². The summed E-state index contributed by atoms with van der Waals surface area (Å²) in [4.78, 5) is 25.8. The lowest BCUT2D eigenvalue weighted by Crippen LogP contribution is -2.16. The molecule has 0 saturated heterocycles. The number of nitrogens with zero attached hydrogens (tertiary/aromatic N) is 2. The molecule has 0 aromatic carbocycles. The van der Waals surface area contributed by atoms with E-state index in [2.05, 4.69) is 10.1 Å². The molecule has 0 bridgehead atoms. The molecule has 2 aromatic heterocycles. The number of fused-ring (bicyclic) bond motifs is 1. The molecule has 0 spiro atoms. The number of H-pyrrole nitrogens is 1. The zero-order valence-electron chi connectivity index (χ0n) is 11.3. The Hall–Kier alpha value is -2.11. The molecule has 2 heterocycles. The molecule has 1 saturated carbocycles. The Morgan fingerprint density at radius 3 is 2.75 bits per heavy atom. The van der Waals surface area contributed by atoms with Crippen LogP contribution in [0.5, 0.6) is 0 Å². The highest BCUT2D eigenvalue weighted by Gasteiger charge is 2.24. The van der Waals surface area contributed by atoms with E-state index in [1.165, 1.54) is 12.5 Å². The van der Waals surface area contributed by atoms with Gasteiger partial charge in [0, 0.05) is 6.07 Å². The van der Waals surface area contributed by atoms with Gasteiger partial charge in [-0.05, 0) is 25.3 Å². The van der Waals surface area contributed by atoms with Crippen LogP contribution in [0.2, 0.25) is 0 Å². The van der Waals surface area contributed by atoms with Crippen molar-refractivity contribution in [3.63, 3.8) is 0 Å². The Morgan fingerprint density at radius 1 is 1.40 bits per heavy atom. The number of carbonyl (C=O) groups is 1. The summed E-state index contributed by atoms with van der Waals surface area (Å²) < 4.78 is 1.71. The van der Waals surface area contributed by atoms with Gasteiger partial charge in [0.1, 0.15) is 5.65 Å². The van der Waals surface area contributed by atoms with E-state index in [0.717, 1.165) is 25.7 Å². The Labute approximate surface area is 115 Å². The molecule has 20 heavy (non-hydrogen) atoms. The first-order chi connectivity index (χ1) is 9.58. The molecule has 1 aliphatic rings. The standard InChI is InChI=1S/C14H17N3O3/c1-8-7-10(18)15-13-11(8)12(14(19)20)16-17(13)9-5-3-2-4-6-9/h7,9H,2-6H2,1H3,(H,15,18)(H,19,20). The average molecular weight is 275 g/mol. The summed E-state index contributed by atoms with van der Waals surface area (Å²) in [5, 5.41) is 14.1. The highest BCUT2D eigenvalue weighted by molar-refractivity contribution is 6.01. The highest BCUT2D eigenvalue weighted by Crippen LogP contribution is 2.31. The quantitative estimate of drug-likeness (QED) is 0.879. The van der Waals surface area contributed by atoms with Crippen LogP contribution in [0.4, 0.5) is 0 Å². The van der Waals surface area contributed by atoms with Crippen molar-refractivity contribution in [3.8, 4) is 0 Å². The maximum absolute atomic E-state index is 11.7. The van der Waals surface area contributed by atoms with E-state index >= 15 is 0 Å².